The van der Waals surface area contributed by atoms with E-state index in [4.69, 9.17) is 5.73 Å². The van der Waals surface area contributed by atoms with Gasteiger partial charge in [-0.15, -0.1) is 24.8 Å². The highest BCUT2D eigenvalue weighted by Gasteiger charge is 2.40. The van der Waals surface area contributed by atoms with Gasteiger partial charge >= 0.3 is 0 Å². The summed E-state index contributed by atoms with van der Waals surface area (Å²) in [6.07, 6.45) is 4.16. The number of amides is 1. The number of rotatable bonds is 6. The Bertz CT molecular complexity index is 290. The average molecular weight is 328 g/mol. The van der Waals surface area contributed by atoms with Gasteiger partial charge in [-0.25, -0.2) is 0 Å². The van der Waals surface area contributed by atoms with Crippen molar-refractivity contribution >= 4 is 30.7 Å². The summed E-state index contributed by atoms with van der Waals surface area (Å²) < 4.78 is 0. The number of carbonyl (C=O) groups excluding carboxylic acids is 1. The third-order valence-electron chi connectivity index (χ3n) is 3.90. The van der Waals surface area contributed by atoms with Crippen molar-refractivity contribution in [1.29, 1.82) is 0 Å². The molecule has 1 saturated carbocycles. The molecular formula is C14H31Cl2N3O. The molecule has 1 rings (SSSR count). The molecule has 0 bridgehead atoms. The lowest BCUT2D eigenvalue weighted by Gasteiger charge is -2.31. The highest BCUT2D eigenvalue weighted by Crippen LogP contribution is 2.37. The highest BCUT2D eigenvalue weighted by molar-refractivity contribution is 5.85. The molecule has 0 unspecified atom stereocenters. The van der Waals surface area contributed by atoms with Crippen LogP contribution in [0.25, 0.3) is 0 Å². The quantitative estimate of drug-likeness (QED) is 0.785. The zero-order valence-corrected chi connectivity index (χ0v) is 14.8. The van der Waals surface area contributed by atoms with Crippen molar-refractivity contribution < 1.29 is 4.79 Å². The molecule has 0 atom stereocenters. The molecule has 0 aliphatic heterocycles. The Morgan fingerprint density at radius 3 is 2.15 bits per heavy atom. The summed E-state index contributed by atoms with van der Waals surface area (Å²) in [7, 11) is 4.11. The maximum Gasteiger partial charge on any atom is 0.227 e. The van der Waals surface area contributed by atoms with Gasteiger partial charge in [0, 0.05) is 19.6 Å². The first kappa shape index (κ1) is 22.3. The van der Waals surface area contributed by atoms with Crippen LogP contribution in [0.1, 0.15) is 39.5 Å². The van der Waals surface area contributed by atoms with Crippen molar-refractivity contribution in [2.45, 2.75) is 39.5 Å². The van der Waals surface area contributed by atoms with E-state index in [2.05, 4.69) is 38.2 Å². The molecule has 1 fully saturated rings. The highest BCUT2D eigenvalue weighted by atomic mass is 35.5. The van der Waals surface area contributed by atoms with E-state index < -0.39 is 0 Å². The van der Waals surface area contributed by atoms with E-state index in [1.165, 1.54) is 0 Å². The summed E-state index contributed by atoms with van der Waals surface area (Å²) in [5.74, 6) is 0.161. The first-order valence-electron chi connectivity index (χ1n) is 6.94. The SMILES string of the molecule is CN(C)CC(C)(C)CNC(=O)C1(CN)CCCC1.Cl.Cl. The molecule has 0 heterocycles. The first-order valence-corrected chi connectivity index (χ1v) is 6.94. The van der Waals surface area contributed by atoms with Gasteiger partial charge in [0.2, 0.25) is 5.91 Å². The van der Waals surface area contributed by atoms with Crippen molar-refractivity contribution in [1.82, 2.24) is 10.2 Å². The van der Waals surface area contributed by atoms with Crippen molar-refractivity contribution in [3.63, 3.8) is 0 Å². The molecule has 0 saturated heterocycles. The number of hydrogen-bond donors (Lipinski definition) is 2. The number of halogens is 2. The fourth-order valence-corrected chi connectivity index (χ4v) is 2.99. The minimum atomic E-state index is -0.284. The van der Waals surface area contributed by atoms with Crippen LogP contribution in [0, 0.1) is 10.8 Å². The van der Waals surface area contributed by atoms with Crippen LogP contribution in [0.3, 0.4) is 0 Å². The van der Waals surface area contributed by atoms with Crippen LogP contribution >= 0.6 is 24.8 Å². The van der Waals surface area contributed by atoms with Crippen LogP contribution in [0.15, 0.2) is 0 Å². The van der Waals surface area contributed by atoms with Crippen molar-refractivity contribution in [2.24, 2.45) is 16.6 Å². The molecule has 6 heteroatoms. The zero-order chi connectivity index (χ0) is 13.8. The molecule has 0 aromatic rings. The Morgan fingerprint density at radius 1 is 1.25 bits per heavy atom. The van der Waals surface area contributed by atoms with E-state index in [1.807, 2.05) is 0 Å². The van der Waals surface area contributed by atoms with Crippen molar-refractivity contribution in [3.8, 4) is 0 Å². The maximum absolute atomic E-state index is 12.3. The number of nitrogens with one attached hydrogen (secondary N) is 1. The molecule has 122 valence electrons. The summed E-state index contributed by atoms with van der Waals surface area (Å²) in [5, 5.41) is 3.12. The fraction of sp³-hybridized carbons (Fsp3) is 0.929. The monoisotopic (exact) mass is 327 g/mol. The lowest BCUT2D eigenvalue weighted by atomic mass is 9.84. The van der Waals surface area contributed by atoms with Gasteiger partial charge in [0.25, 0.3) is 0 Å². The number of hydrogen-bond acceptors (Lipinski definition) is 3. The Kier molecular flexibility index (Phi) is 10.1. The number of nitrogens with zero attached hydrogens (tertiary/aromatic N) is 1. The van der Waals surface area contributed by atoms with E-state index in [9.17, 15) is 4.79 Å². The van der Waals surface area contributed by atoms with Crippen LogP contribution in [0.2, 0.25) is 0 Å². The van der Waals surface area contributed by atoms with E-state index in [-0.39, 0.29) is 41.6 Å². The lowest BCUT2D eigenvalue weighted by Crippen LogP contribution is -2.48. The lowest BCUT2D eigenvalue weighted by molar-refractivity contribution is -0.130. The topological polar surface area (TPSA) is 58.4 Å². The summed E-state index contributed by atoms with van der Waals surface area (Å²) >= 11 is 0. The van der Waals surface area contributed by atoms with Gasteiger partial charge in [-0.3, -0.25) is 4.79 Å². The molecular weight excluding hydrogens is 297 g/mol. The molecule has 4 nitrogen and oxygen atoms in total. The number of carbonyl (C=O) groups is 1. The van der Waals surface area contributed by atoms with Crippen molar-refractivity contribution in [3.05, 3.63) is 0 Å². The van der Waals surface area contributed by atoms with Gasteiger partial charge in [0.1, 0.15) is 0 Å². The minimum Gasteiger partial charge on any atom is -0.355 e. The Hall–Kier alpha value is -0.0300. The summed E-state index contributed by atoms with van der Waals surface area (Å²) in [6, 6.07) is 0. The molecule has 1 aliphatic carbocycles. The molecule has 20 heavy (non-hydrogen) atoms. The minimum absolute atomic E-state index is 0. The summed E-state index contributed by atoms with van der Waals surface area (Å²) in [4.78, 5) is 14.5. The standard InChI is InChI=1S/C14H29N3O.2ClH/c1-13(2,11-17(3)4)10-16-12(18)14(9-15)7-5-6-8-14;;/h5-11,15H2,1-4H3,(H,16,18);2*1H. The molecule has 0 spiro atoms. The molecule has 0 aromatic heterocycles. The molecule has 0 radical (unpaired) electrons. The fourth-order valence-electron chi connectivity index (χ4n) is 2.99. The van der Waals surface area contributed by atoms with Gasteiger partial charge in [-0.2, -0.15) is 0 Å². The normalized spacial score (nSPS) is 17.3. The molecule has 1 aliphatic rings. The predicted molar refractivity (Wildman–Crippen MR) is 89.8 cm³/mol. The Balaban J connectivity index is 0. The maximum atomic E-state index is 12.3. The molecule has 0 aromatic carbocycles. The van der Waals surface area contributed by atoms with Crippen LogP contribution in [-0.4, -0.2) is 44.5 Å². The third-order valence-corrected chi connectivity index (χ3v) is 3.90. The smallest absolute Gasteiger partial charge is 0.227 e. The second-order valence-corrected chi connectivity index (χ2v) is 6.78. The van der Waals surface area contributed by atoms with Gasteiger partial charge in [-0.05, 0) is 32.4 Å². The number of nitrogens with two attached hydrogens (primary N) is 1. The Labute approximate surface area is 136 Å². The zero-order valence-electron chi connectivity index (χ0n) is 13.2. The van der Waals surface area contributed by atoms with E-state index >= 15 is 0 Å². The largest absolute Gasteiger partial charge is 0.355 e. The second kappa shape index (κ2) is 9.08. The predicted octanol–water partition coefficient (Wildman–Crippen LogP) is 2.05. The molecule has 3 N–H and O–H groups in total. The van der Waals surface area contributed by atoms with Gasteiger partial charge in [0.05, 0.1) is 5.41 Å². The van der Waals surface area contributed by atoms with Crippen LogP contribution < -0.4 is 11.1 Å². The first-order chi connectivity index (χ1) is 8.31. The average Bonchev–Trinajstić information content (AvgIpc) is 2.74. The van der Waals surface area contributed by atoms with E-state index in [0.717, 1.165) is 32.2 Å². The molecule has 1 amide bonds. The van der Waals surface area contributed by atoms with Gasteiger partial charge < -0.3 is 16.0 Å². The summed E-state index contributed by atoms with van der Waals surface area (Å²) in [5.41, 5.74) is 5.63. The van der Waals surface area contributed by atoms with Gasteiger partial charge in [0.15, 0.2) is 0 Å². The van der Waals surface area contributed by atoms with Crippen LogP contribution in [-0.2, 0) is 4.79 Å². The Morgan fingerprint density at radius 2 is 1.75 bits per heavy atom. The van der Waals surface area contributed by atoms with Crippen LogP contribution in [0.5, 0.6) is 0 Å². The van der Waals surface area contributed by atoms with Crippen molar-refractivity contribution in [2.75, 3.05) is 33.7 Å². The van der Waals surface area contributed by atoms with Crippen LogP contribution in [0.4, 0.5) is 0 Å². The van der Waals surface area contributed by atoms with Gasteiger partial charge in [-0.1, -0.05) is 26.7 Å². The van der Waals surface area contributed by atoms with E-state index in [1.54, 1.807) is 0 Å². The summed E-state index contributed by atoms with van der Waals surface area (Å²) in [6.45, 7) is 6.51. The third kappa shape index (κ3) is 6.17. The second-order valence-electron chi connectivity index (χ2n) is 6.78. The van der Waals surface area contributed by atoms with E-state index in [0.29, 0.717) is 13.1 Å².